The number of pyridine rings is 1. The number of carbonyl (C=O) groups excluding carboxylic acids is 1. The van der Waals surface area contributed by atoms with Gasteiger partial charge in [-0.1, -0.05) is 6.07 Å². The van der Waals surface area contributed by atoms with Crippen molar-refractivity contribution in [2.24, 2.45) is 0 Å². The SMILES string of the molecule is O=C(NCC1(O)CNCCOC1)c1ccccn1. The van der Waals surface area contributed by atoms with Crippen LogP contribution in [0, 0.1) is 0 Å². The number of carbonyl (C=O) groups is 1. The van der Waals surface area contributed by atoms with Gasteiger partial charge in [0.15, 0.2) is 0 Å². The molecule has 3 N–H and O–H groups in total. The number of amides is 1. The lowest BCUT2D eigenvalue weighted by atomic mass is 10.1. The van der Waals surface area contributed by atoms with Gasteiger partial charge >= 0.3 is 0 Å². The van der Waals surface area contributed by atoms with Crippen molar-refractivity contribution < 1.29 is 14.6 Å². The van der Waals surface area contributed by atoms with E-state index in [9.17, 15) is 9.90 Å². The third-order valence-corrected chi connectivity index (χ3v) is 2.72. The van der Waals surface area contributed by atoms with E-state index in [0.29, 0.717) is 25.4 Å². The van der Waals surface area contributed by atoms with Crippen LogP contribution in [-0.4, -0.2) is 54.4 Å². The molecule has 0 aliphatic carbocycles. The molecule has 1 aliphatic rings. The minimum atomic E-state index is -1.07. The van der Waals surface area contributed by atoms with Gasteiger partial charge in [-0.25, -0.2) is 0 Å². The number of aromatic nitrogens is 1. The van der Waals surface area contributed by atoms with Gasteiger partial charge in [0.25, 0.3) is 5.91 Å². The average Bonchev–Trinajstić information content (AvgIpc) is 2.62. The van der Waals surface area contributed by atoms with Crippen LogP contribution in [0.1, 0.15) is 10.5 Å². The summed E-state index contributed by atoms with van der Waals surface area (Å²) in [7, 11) is 0. The van der Waals surface area contributed by atoms with Gasteiger partial charge in [-0.3, -0.25) is 9.78 Å². The van der Waals surface area contributed by atoms with E-state index in [0.717, 1.165) is 0 Å². The summed E-state index contributed by atoms with van der Waals surface area (Å²) in [6.45, 7) is 2.01. The van der Waals surface area contributed by atoms with Gasteiger partial charge in [-0.2, -0.15) is 0 Å². The largest absolute Gasteiger partial charge is 0.384 e. The van der Waals surface area contributed by atoms with E-state index in [1.54, 1.807) is 24.4 Å². The molecule has 1 aliphatic heterocycles. The number of β-amino-alcohol motifs (C(OH)–C–C–N with tert-alkyl or cyclic N) is 1. The first-order valence-electron chi connectivity index (χ1n) is 5.90. The molecule has 18 heavy (non-hydrogen) atoms. The lowest BCUT2D eigenvalue weighted by molar-refractivity contribution is -0.0253. The number of ether oxygens (including phenoxy) is 1. The van der Waals surface area contributed by atoms with Crippen molar-refractivity contribution >= 4 is 5.91 Å². The molecule has 6 heteroatoms. The van der Waals surface area contributed by atoms with E-state index in [-0.39, 0.29) is 19.1 Å². The van der Waals surface area contributed by atoms with E-state index in [1.807, 2.05) is 0 Å². The standard InChI is InChI=1S/C12H17N3O3/c16-11(10-3-1-2-4-14-10)15-8-12(17)7-13-5-6-18-9-12/h1-4,13,17H,5-9H2,(H,15,16). The van der Waals surface area contributed by atoms with Crippen LogP contribution in [0.25, 0.3) is 0 Å². The monoisotopic (exact) mass is 251 g/mol. The third-order valence-electron chi connectivity index (χ3n) is 2.72. The van der Waals surface area contributed by atoms with Crippen LogP contribution in [-0.2, 0) is 4.74 Å². The van der Waals surface area contributed by atoms with Crippen molar-refractivity contribution in [1.82, 2.24) is 15.6 Å². The fraction of sp³-hybridized carbons (Fsp3) is 0.500. The molecule has 98 valence electrons. The second-order valence-electron chi connectivity index (χ2n) is 4.35. The summed E-state index contributed by atoms with van der Waals surface area (Å²) >= 11 is 0. The van der Waals surface area contributed by atoms with Crippen molar-refractivity contribution in [3.05, 3.63) is 30.1 Å². The maximum absolute atomic E-state index is 11.8. The fourth-order valence-electron chi connectivity index (χ4n) is 1.72. The smallest absolute Gasteiger partial charge is 0.269 e. The van der Waals surface area contributed by atoms with Crippen LogP contribution in [0.2, 0.25) is 0 Å². The van der Waals surface area contributed by atoms with Crippen LogP contribution in [0.5, 0.6) is 0 Å². The third kappa shape index (κ3) is 3.49. The molecule has 1 amide bonds. The molecular formula is C12H17N3O3. The molecule has 2 heterocycles. The Morgan fingerprint density at radius 3 is 3.28 bits per heavy atom. The van der Waals surface area contributed by atoms with Crippen LogP contribution in [0.4, 0.5) is 0 Å². The molecule has 0 spiro atoms. The van der Waals surface area contributed by atoms with Crippen molar-refractivity contribution in [3.8, 4) is 0 Å². The van der Waals surface area contributed by atoms with E-state index in [1.165, 1.54) is 0 Å². The van der Waals surface area contributed by atoms with Crippen LogP contribution >= 0.6 is 0 Å². The van der Waals surface area contributed by atoms with Gasteiger partial charge in [-0.05, 0) is 12.1 Å². The Morgan fingerprint density at radius 1 is 1.61 bits per heavy atom. The minimum Gasteiger partial charge on any atom is -0.384 e. The molecule has 6 nitrogen and oxygen atoms in total. The summed E-state index contributed by atoms with van der Waals surface area (Å²) in [5, 5.41) is 15.9. The van der Waals surface area contributed by atoms with Gasteiger partial charge in [0, 0.05) is 19.3 Å². The van der Waals surface area contributed by atoms with Crippen molar-refractivity contribution in [1.29, 1.82) is 0 Å². The summed E-state index contributed by atoms with van der Waals surface area (Å²) < 4.78 is 5.27. The quantitative estimate of drug-likeness (QED) is 0.652. The predicted octanol–water partition coefficient (Wildman–Crippen LogP) is -0.838. The molecule has 1 unspecified atom stereocenters. The van der Waals surface area contributed by atoms with Crippen molar-refractivity contribution in [2.45, 2.75) is 5.60 Å². The van der Waals surface area contributed by atoms with Gasteiger partial charge < -0.3 is 20.5 Å². The van der Waals surface area contributed by atoms with E-state index in [2.05, 4.69) is 15.6 Å². The molecule has 1 atom stereocenters. The highest BCUT2D eigenvalue weighted by molar-refractivity contribution is 5.92. The average molecular weight is 251 g/mol. The van der Waals surface area contributed by atoms with Crippen LogP contribution < -0.4 is 10.6 Å². The van der Waals surface area contributed by atoms with Gasteiger partial charge in [-0.15, -0.1) is 0 Å². The molecule has 1 aromatic rings. The first-order chi connectivity index (χ1) is 8.70. The van der Waals surface area contributed by atoms with Gasteiger partial charge in [0.2, 0.25) is 0 Å². The molecule has 0 saturated carbocycles. The zero-order valence-electron chi connectivity index (χ0n) is 10.1. The normalized spacial score (nSPS) is 24.3. The summed E-state index contributed by atoms with van der Waals surface area (Å²) in [5.74, 6) is -0.298. The van der Waals surface area contributed by atoms with Crippen molar-refractivity contribution in [3.63, 3.8) is 0 Å². The maximum atomic E-state index is 11.8. The molecular weight excluding hydrogens is 234 g/mol. The number of hydrogen-bond acceptors (Lipinski definition) is 5. The fourth-order valence-corrected chi connectivity index (χ4v) is 1.72. The van der Waals surface area contributed by atoms with Crippen molar-refractivity contribution in [2.75, 3.05) is 32.8 Å². The van der Waals surface area contributed by atoms with Gasteiger partial charge in [0.05, 0.1) is 19.8 Å². The number of nitrogens with zero attached hydrogens (tertiary/aromatic N) is 1. The Labute approximate surface area is 105 Å². The number of rotatable bonds is 3. The minimum absolute atomic E-state index is 0.134. The van der Waals surface area contributed by atoms with E-state index < -0.39 is 5.60 Å². The first kappa shape index (κ1) is 12.9. The van der Waals surface area contributed by atoms with Crippen LogP contribution in [0.3, 0.4) is 0 Å². The molecule has 1 saturated heterocycles. The Bertz CT molecular complexity index is 389. The Kier molecular flexibility index (Phi) is 4.24. The number of hydrogen-bond donors (Lipinski definition) is 3. The Hall–Kier alpha value is -1.50. The molecule has 0 radical (unpaired) electrons. The Morgan fingerprint density at radius 2 is 2.50 bits per heavy atom. The summed E-state index contributed by atoms with van der Waals surface area (Å²) in [6, 6.07) is 5.11. The second-order valence-corrected chi connectivity index (χ2v) is 4.35. The molecule has 2 rings (SSSR count). The lowest BCUT2D eigenvalue weighted by Gasteiger charge is -2.25. The molecule has 0 aromatic carbocycles. The summed E-state index contributed by atoms with van der Waals surface area (Å²) in [5.41, 5.74) is -0.732. The topological polar surface area (TPSA) is 83.5 Å². The molecule has 1 fully saturated rings. The maximum Gasteiger partial charge on any atom is 0.269 e. The highest BCUT2D eigenvalue weighted by Crippen LogP contribution is 2.06. The zero-order valence-corrected chi connectivity index (χ0v) is 10.1. The first-order valence-corrected chi connectivity index (χ1v) is 5.90. The lowest BCUT2D eigenvalue weighted by Crippen LogP contribution is -2.51. The van der Waals surface area contributed by atoms with Gasteiger partial charge in [0.1, 0.15) is 11.3 Å². The highest BCUT2D eigenvalue weighted by atomic mass is 16.5. The Balaban J connectivity index is 1.88. The highest BCUT2D eigenvalue weighted by Gasteiger charge is 2.29. The zero-order chi connectivity index (χ0) is 12.8. The number of nitrogens with one attached hydrogen (secondary N) is 2. The predicted molar refractivity (Wildman–Crippen MR) is 65.2 cm³/mol. The van der Waals surface area contributed by atoms with E-state index in [4.69, 9.17) is 4.74 Å². The second kappa shape index (κ2) is 5.90. The summed E-state index contributed by atoms with van der Waals surface area (Å²) in [6.07, 6.45) is 1.56. The molecule has 1 aromatic heterocycles. The number of aliphatic hydroxyl groups is 1. The van der Waals surface area contributed by atoms with Crippen LogP contribution in [0.15, 0.2) is 24.4 Å². The van der Waals surface area contributed by atoms with E-state index >= 15 is 0 Å². The molecule has 0 bridgehead atoms. The summed E-state index contributed by atoms with van der Waals surface area (Å²) in [4.78, 5) is 15.7.